The van der Waals surface area contributed by atoms with Crippen LogP contribution in [0.2, 0.25) is 0 Å². The monoisotopic (exact) mass is 430 g/mol. The van der Waals surface area contributed by atoms with Crippen LogP contribution in [0.15, 0.2) is 52.4 Å². The first-order valence-corrected chi connectivity index (χ1v) is 10.4. The summed E-state index contributed by atoms with van der Waals surface area (Å²) in [7, 11) is 1.62. The maximum Gasteiger partial charge on any atom is 0.262 e. The fourth-order valence-corrected chi connectivity index (χ4v) is 4.34. The van der Waals surface area contributed by atoms with Gasteiger partial charge in [-0.15, -0.1) is 10.2 Å². The third-order valence-electron chi connectivity index (χ3n) is 4.90. The summed E-state index contributed by atoms with van der Waals surface area (Å²) in [6.07, 6.45) is 0.658. The van der Waals surface area contributed by atoms with E-state index in [1.165, 1.54) is 17.8 Å². The van der Waals surface area contributed by atoms with E-state index in [2.05, 4.69) is 10.2 Å². The standard InChI is InChI=1S/C21H20F2N4O2S/c1-13(14-8-9-16(22)17(23)12-14)30-21-25-24-20-26(10-5-11-29-2)19(28)15-6-3-4-7-18(15)27(20)21/h3-4,6-9,12-13H,5,10-11H2,1-2H3. The van der Waals surface area contributed by atoms with E-state index in [1.807, 2.05) is 29.5 Å². The molecule has 0 aliphatic rings. The van der Waals surface area contributed by atoms with E-state index in [-0.39, 0.29) is 10.8 Å². The largest absolute Gasteiger partial charge is 0.385 e. The molecule has 156 valence electrons. The summed E-state index contributed by atoms with van der Waals surface area (Å²) in [5, 5.41) is 9.48. The lowest BCUT2D eigenvalue weighted by Crippen LogP contribution is -2.24. The van der Waals surface area contributed by atoms with Crippen LogP contribution in [-0.4, -0.2) is 32.9 Å². The van der Waals surface area contributed by atoms with E-state index in [0.717, 1.165) is 6.07 Å². The first kappa shape index (κ1) is 20.5. The molecular formula is C21H20F2N4O2S. The molecule has 6 nitrogen and oxygen atoms in total. The fraction of sp³-hybridized carbons (Fsp3) is 0.286. The first-order valence-electron chi connectivity index (χ1n) is 9.48. The number of ether oxygens (including phenoxy) is 1. The van der Waals surface area contributed by atoms with Gasteiger partial charge in [0.15, 0.2) is 16.8 Å². The Morgan fingerprint density at radius 3 is 2.70 bits per heavy atom. The summed E-state index contributed by atoms with van der Waals surface area (Å²) < 4.78 is 35.5. The van der Waals surface area contributed by atoms with Crippen molar-refractivity contribution in [2.75, 3.05) is 13.7 Å². The predicted molar refractivity (Wildman–Crippen MR) is 112 cm³/mol. The number of fused-ring (bicyclic) bond motifs is 3. The summed E-state index contributed by atoms with van der Waals surface area (Å²) in [6, 6.07) is 11.1. The zero-order valence-corrected chi connectivity index (χ0v) is 17.3. The normalized spacial score (nSPS) is 12.7. The third kappa shape index (κ3) is 3.70. The molecule has 0 aliphatic heterocycles. The predicted octanol–water partition coefficient (Wildman–Crippen LogP) is 4.21. The van der Waals surface area contributed by atoms with E-state index in [0.29, 0.717) is 47.0 Å². The molecule has 1 unspecified atom stereocenters. The Morgan fingerprint density at radius 1 is 1.13 bits per heavy atom. The topological polar surface area (TPSA) is 61.4 Å². The molecule has 2 aromatic carbocycles. The quantitative estimate of drug-likeness (QED) is 0.325. The second kappa shape index (κ2) is 8.53. The second-order valence-electron chi connectivity index (χ2n) is 6.87. The van der Waals surface area contributed by atoms with Gasteiger partial charge in [-0.1, -0.05) is 30.0 Å². The van der Waals surface area contributed by atoms with Gasteiger partial charge in [0, 0.05) is 25.5 Å². The van der Waals surface area contributed by atoms with Crippen molar-refractivity contribution in [1.82, 2.24) is 19.2 Å². The highest BCUT2D eigenvalue weighted by atomic mass is 32.2. The minimum absolute atomic E-state index is 0.133. The molecule has 0 radical (unpaired) electrons. The van der Waals surface area contributed by atoms with Crippen LogP contribution < -0.4 is 5.56 Å². The van der Waals surface area contributed by atoms with Crippen molar-refractivity contribution in [3.63, 3.8) is 0 Å². The second-order valence-corrected chi connectivity index (χ2v) is 8.18. The van der Waals surface area contributed by atoms with E-state index in [9.17, 15) is 13.6 Å². The summed E-state index contributed by atoms with van der Waals surface area (Å²) in [5.41, 5.74) is 1.20. The van der Waals surface area contributed by atoms with Gasteiger partial charge in [0.25, 0.3) is 5.56 Å². The molecule has 0 fully saturated rings. The van der Waals surface area contributed by atoms with E-state index >= 15 is 0 Å². The minimum Gasteiger partial charge on any atom is -0.385 e. The van der Waals surface area contributed by atoms with E-state index in [4.69, 9.17) is 4.74 Å². The van der Waals surface area contributed by atoms with Gasteiger partial charge in [0.1, 0.15) is 0 Å². The molecule has 0 saturated heterocycles. The lowest BCUT2D eigenvalue weighted by atomic mass is 10.1. The number of aromatic nitrogens is 4. The van der Waals surface area contributed by atoms with Crippen LogP contribution >= 0.6 is 11.8 Å². The molecule has 1 atom stereocenters. The number of thioether (sulfide) groups is 1. The van der Waals surface area contributed by atoms with Gasteiger partial charge in [-0.25, -0.2) is 8.78 Å². The van der Waals surface area contributed by atoms with Crippen LogP contribution in [0.4, 0.5) is 8.78 Å². The van der Waals surface area contributed by atoms with Gasteiger partial charge in [-0.05, 0) is 43.2 Å². The van der Waals surface area contributed by atoms with Crippen molar-refractivity contribution < 1.29 is 13.5 Å². The number of aryl methyl sites for hydroxylation is 1. The zero-order valence-electron chi connectivity index (χ0n) is 16.5. The Kier molecular flexibility index (Phi) is 5.83. The third-order valence-corrected chi connectivity index (χ3v) is 6.00. The fourth-order valence-electron chi connectivity index (χ4n) is 3.37. The van der Waals surface area contributed by atoms with E-state index in [1.54, 1.807) is 23.8 Å². The minimum atomic E-state index is -0.886. The lowest BCUT2D eigenvalue weighted by Gasteiger charge is -2.13. The van der Waals surface area contributed by atoms with Gasteiger partial charge in [0.05, 0.1) is 10.9 Å². The Hall–Kier alpha value is -2.78. The molecule has 0 saturated carbocycles. The highest BCUT2D eigenvalue weighted by Crippen LogP contribution is 2.35. The van der Waals surface area contributed by atoms with Crippen molar-refractivity contribution in [3.05, 3.63) is 70.0 Å². The summed E-state index contributed by atoms with van der Waals surface area (Å²) >= 11 is 1.37. The van der Waals surface area contributed by atoms with Crippen LogP contribution in [-0.2, 0) is 11.3 Å². The summed E-state index contributed by atoms with van der Waals surface area (Å²) in [6.45, 7) is 2.85. The molecule has 30 heavy (non-hydrogen) atoms. The van der Waals surface area contributed by atoms with Crippen molar-refractivity contribution in [2.24, 2.45) is 0 Å². The molecule has 0 bridgehead atoms. The molecular weight excluding hydrogens is 410 g/mol. The SMILES string of the molecule is COCCCn1c(=O)c2ccccc2n2c(SC(C)c3ccc(F)c(F)c3)nnc12. The molecule has 2 aromatic heterocycles. The van der Waals surface area contributed by atoms with Gasteiger partial charge >= 0.3 is 0 Å². The van der Waals surface area contributed by atoms with Crippen LogP contribution in [0.3, 0.4) is 0 Å². The number of rotatable bonds is 7. The van der Waals surface area contributed by atoms with Crippen LogP contribution in [0, 0.1) is 11.6 Å². The van der Waals surface area contributed by atoms with Crippen molar-refractivity contribution in [3.8, 4) is 0 Å². The van der Waals surface area contributed by atoms with Crippen LogP contribution in [0.1, 0.15) is 24.2 Å². The Labute approximate surface area is 175 Å². The number of benzene rings is 2. The molecule has 0 N–H and O–H groups in total. The highest BCUT2D eigenvalue weighted by molar-refractivity contribution is 7.99. The first-order chi connectivity index (χ1) is 14.5. The maximum absolute atomic E-state index is 13.7. The Morgan fingerprint density at radius 2 is 1.93 bits per heavy atom. The number of para-hydroxylation sites is 1. The number of methoxy groups -OCH3 is 1. The molecule has 4 rings (SSSR count). The molecule has 2 heterocycles. The zero-order chi connectivity index (χ0) is 21.3. The Bertz CT molecular complexity index is 1270. The van der Waals surface area contributed by atoms with Gasteiger partial charge in [-0.3, -0.25) is 13.8 Å². The number of hydrogen-bond donors (Lipinski definition) is 0. The average molecular weight is 430 g/mol. The summed E-state index contributed by atoms with van der Waals surface area (Å²) in [4.78, 5) is 13.0. The molecule has 4 aromatic rings. The lowest BCUT2D eigenvalue weighted by molar-refractivity contribution is 0.190. The average Bonchev–Trinajstić information content (AvgIpc) is 3.16. The number of hydrogen-bond acceptors (Lipinski definition) is 5. The molecule has 0 aliphatic carbocycles. The maximum atomic E-state index is 13.7. The number of halogens is 2. The summed E-state index contributed by atoms with van der Waals surface area (Å²) in [5.74, 6) is -1.33. The van der Waals surface area contributed by atoms with Crippen molar-refractivity contribution >= 4 is 28.4 Å². The molecule has 9 heteroatoms. The van der Waals surface area contributed by atoms with Crippen molar-refractivity contribution in [2.45, 2.75) is 30.3 Å². The van der Waals surface area contributed by atoms with Crippen LogP contribution in [0.25, 0.3) is 16.7 Å². The highest BCUT2D eigenvalue weighted by Gasteiger charge is 2.19. The smallest absolute Gasteiger partial charge is 0.262 e. The number of nitrogens with zero attached hydrogens (tertiary/aromatic N) is 4. The van der Waals surface area contributed by atoms with E-state index < -0.39 is 11.6 Å². The van der Waals surface area contributed by atoms with Gasteiger partial charge in [0.2, 0.25) is 5.78 Å². The van der Waals surface area contributed by atoms with Gasteiger partial charge in [-0.2, -0.15) is 0 Å². The Balaban J connectivity index is 1.81. The van der Waals surface area contributed by atoms with Crippen LogP contribution in [0.5, 0.6) is 0 Å². The van der Waals surface area contributed by atoms with Crippen molar-refractivity contribution in [1.29, 1.82) is 0 Å². The molecule has 0 spiro atoms. The molecule has 0 amide bonds. The van der Waals surface area contributed by atoms with Gasteiger partial charge < -0.3 is 4.74 Å².